The van der Waals surface area contributed by atoms with Gasteiger partial charge < -0.3 is 10.5 Å². The Hall–Kier alpha value is -2.04. The quantitative estimate of drug-likeness (QED) is 0.443. The van der Waals surface area contributed by atoms with Crippen molar-refractivity contribution in [2.24, 2.45) is 0 Å². The third kappa shape index (κ3) is 4.77. The fraction of sp³-hybridized carbons (Fsp3) is 0.455. The standard InChI is InChI=1S/C22H31N3O/c1-2-3-4-5-10-15-26-22-14-9-7-12-18(22)21-16-20(24-25-21)17-11-6-8-13-19(17)23/h6-9,11-14,20-21,24-25H,2-5,10,15-16,23H2,1H3. The topological polar surface area (TPSA) is 59.3 Å². The summed E-state index contributed by atoms with van der Waals surface area (Å²) in [7, 11) is 0. The first-order valence-corrected chi connectivity index (χ1v) is 9.86. The average Bonchev–Trinajstić information content (AvgIpc) is 3.15. The molecule has 0 saturated carbocycles. The molecule has 3 rings (SSSR count). The van der Waals surface area contributed by atoms with E-state index in [-0.39, 0.29) is 12.1 Å². The van der Waals surface area contributed by atoms with E-state index < -0.39 is 0 Å². The predicted molar refractivity (Wildman–Crippen MR) is 108 cm³/mol. The minimum Gasteiger partial charge on any atom is -0.493 e. The van der Waals surface area contributed by atoms with Crippen LogP contribution in [0.5, 0.6) is 5.75 Å². The van der Waals surface area contributed by atoms with Crippen LogP contribution in [0.15, 0.2) is 48.5 Å². The van der Waals surface area contributed by atoms with Gasteiger partial charge in [0.1, 0.15) is 5.75 Å². The Kier molecular flexibility index (Phi) is 6.92. The first kappa shape index (κ1) is 18.7. The molecular formula is C22H31N3O. The maximum absolute atomic E-state index is 6.14. The van der Waals surface area contributed by atoms with Crippen molar-refractivity contribution in [1.82, 2.24) is 10.9 Å². The molecule has 2 unspecified atom stereocenters. The molecule has 1 fully saturated rings. The van der Waals surface area contributed by atoms with Gasteiger partial charge in [-0.3, -0.25) is 0 Å². The summed E-state index contributed by atoms with van der Waals surface area (Å²) < 4.78 is 6.10. The van der Waals surface area contributed by atoms with Crippen molar-refractivity contribution in [3.05, 3.63) is 59.7 Å². The van der Waals surface area contributed by atoms with Crippen LogP contribution in [0, 0.1) is 0 Å². The van der Waals surface area contributed by atoms with E-state index in [1.807, 2.05) is 24.3 Å². The summed E-state index contributed by atoms with van der Waals surface area (Å²) >= 11 is 0. The molecule has 1 saturated heterocycles. The average molecular weight is 354 g/mol. The Morgan fingerprint density at radius 3 is 2.31 bits per heavy atom. The van der Waals surface area contributed by atoms with Crippen LogP contribution in [0.1, 0.15) is 68.7 Å². The number of nitrogens with two attached hydrogens (primary N) is 1. The molecule has 0 aromatic heterocycles. The Bertz CT molecular complexity index is 689. The van der Waals surface area contributed by atoms with Gasteiger partial charge in [-0.1, -0.05) is 69.0 Å². The van der Waals surface area contributed by atoms with Gasteiger partial charge in [0.25, 0.3) is 0 Å². The van der Waals surface area contributed by atoms with Crippen molar-refractivity contribution in [3.63, 3.8) is 0 Å². The SMILES string of the molecule is CCCCCCCOc1ccccc1C1CC(c2ccccc2N)NN1. The normalized spacial score (nSPS) is 19.6. The molecule has 2 aromatic carbocycles. The van der Waals surface area contributed by atoms with Gasteiger partial charge >= 0.3 is 0 Å². The largest absolute Gasteiger partial charge is 0.493 e. The smallest absolute Gasteiger partial charge is 0.124 e. The van der Waals surface area contributed by atoms with Crippen LogP contribution in [0.4, 0.5) is 5.69 Å². The van der Waals surface area contributed by atoms with Crippen LogP contribution in [-0.4, -0.2) is 6.61 Å². The number of anilines is 1. The highest BCUT2D eigenvalue weighted by Gasteiger charge is 2.28. The van der Waals surface area contributed by atoms with Crippen LogP contribution >= 0.6 is 0 Å². The molecule has 0 amide bonds. The number of rotatable bonds is 9. The van der Waals surface area contributed by atoms with E-state index in [1.54, 1.807) is 0 Å². The Balaban J connectivity index is 1.59. The molecule has 4 heteroatoms. The Morgan fingerprint density at radius 1 is 0.885 bits per heavy atom. The molecule has 4 nitrogen and oxygen atoms in total. The summed E-state index contributed by atoms with van der Waals surface area (Å²) in [6.45, 7) is 3.03. The first-order chi connectivity index (χ1) is 12.8. The van der Waals surface area contributed by atoms with E-state index in [2.05, 4.69) is 42.0 Å². The molecule has 0 bridgehead atoms. The van der Waals surface area contributed by atoms with E-state index in [0.717, 1.165) is 36.4 Å². The molecule has 4 N–H and O–H groups in total. The zero-order valence-corrected chi connectivity index (χ0v) is 15.7. The molecule has 26 heavy (non-hydrogen) atoms. The van der Waals surface area contributed by atoms with Crippen LogP contribution < -0.4 is 21.3 Å². The maximum Gasteiger partial charge on any atom is 0.124 e. The van der Waals surface area contributed by atoms with Gasteiger partial charge in [0.15, 0.2) is 0 Å². The zero-order chi connectivity index (χ0) is 18.2. The van der Waals surface area contributed by atoms with E-state index in [9.17, 15) is 0 Å². The van der Waals surface area contributed by atoms with Gasteiger partial charge in [0.2, 0.25) is 0 Å². The number of hydrogen-bond acceptors (Lipinski definition) is 4. The van der Waals surface area contributed by atoms with Gasteiger partial charge in [-0.2, -0.15) is 0 Å². The number of ether oxygens (including phenoxy) is 1. The summed E-state index contributed by atoms with van der Waals surface area (Å²) in [6.07, 6.45) is 7.21. The number of nitrogen functional groups attached to an aromatic ring is 1. The van der Waals surface area contributed by atoms with Crippen molar-refractivity contribution in [2.75, 3.05) is 12.3 Å². The lowest BCUT2D eigenvalue weighted by Crippen LogP contribution is -2.27. The molecule has 2 aromatic rings. The second-order valence-electron chi connectivity index (χ2n) is 7.06. The maximum atomic E-state index is 6.14. The number of hydrogen-bond donors (Lipinski definition) is 3. The molecule has 1 aliphatic rings. The van der Waals surface area contributed by atoms with Crippen LogP contribution in [0.2, 0.25) is 0 Å². The van der Waals surface area contributed by atoms with E-state index in [0.29, 0.717) is 0 Å². The number of unbranched alkanes of at least 4 members (excludes halogenated alkanes) is 4. The van der Waals surface area contributed by atoms with Gasteiger partial charge in [-0.25, -0.2) is 10.9 Å². The number of benzene rings is 2. The number of hydrazine groups is 1. The highest BCUT2D eigenvalue weighted by Crippen LogP contribution is 2.36. The summed E-state index contributed by atoms with van der Waals surface area (Å²) in [4.78, 5) is 0. The number of para-hydroxylation sites is 2. The van der Waals surface area contributed by atoms with Gasteiger partial charge in [0.05, 0.1) is 18.7 Å². The molecular weight excluding hydrogens is 322 g/mol. The predicted octanol–water partition coefficient (Wildman–Crippen LogP) is 4.90. The minimum atomic E-state index is 0.211. The highest BCUT2D eigenvalue weighted by atomic mass is 16.5. The zero-order valence-electron chi connectivity index (χ0n) is 15.7. The molecule has 0 radical (unpaired) electrons. The summed E-state index contributed by atoms with van der Waals surface area (Å²) in [5, 5.41) is 0. The lowest BCUT2D eigenvalue weighted by atomic mass is 9.96. The van der Waals surface area contributed by atoms with Gasteiger partial charge in [-0.15, -0.1) is 0 Å². The lowest BCUT2D eigenvalue weighted by Gasteiger charge is -2.16. The molecule has 1 heterocycles. The van der Waals surface area contributed by atoms with Gasteiger partial charge in [-0.05, 0) is 30.5 Å². The van der Waals surface area contributed by atoms with E-state index >= 15 is 0 Å². The molecule has 0 aliphatic carbocycles. The summed E-state index contributed by atoms with van der Waals surface area (Å²) in [5.74, 6) is 0.990. The molecule has 2 atom stereocenters. The van der Waals surface area contributed by atoms with Crippen molar-refractivity contribution in [1.29, 1.82) is 0 Å². The summed E-state index contributed by atoms with van der Waals surface area (Å²) in [6, 6.07) is 16.9. The van der Waals surface area contributed by atoms with Crippen LogP contribution in [0.25, 0.3) is 0 Å². The van der Waals surface area contributed by atoms with Crippen molar-refractivity contribution in [2.45, 2.75) is 57.5 Å². The van der Waals surface area contributed by atoms with Crippen molar-refractivity contribution < 1.29 is 4.74 Å². The lowest BCUT2D eigenvalue weighted by molar-refractivity contribution is 0.298. The number of nitrogens with one attached hydrogen (secondary N) is 2. The highest BCUT2D eigenvalue weighted by molar-refractivity contribution is 5.49. The monoisotopic (exact) mass is 353 g/mol. The second-order valence-corrected chi connectivity index (χ2v) is 7.06. The van der Waals surface area contributed by atoms with Crippen molar-refractivity contribution >= 4 is 5.69 Å². The van der Waals surface area contributed by atoms with Gasteiger partial charge in [0, 0.05) is 11.3 Å². The molecule has 0 spiro atoms. The first-order valence-electron chi connectivity index (χ1n) is 9.86. The van der Waals surface area contributed by atoms with Crippen LogP contribution in [-0.2, 0) is 0 Å². The van der Waals surface area contributed by atoms with Crippen molar-refractivity contribution in [3.8, 4) is 5.75 Å². The molecule has 140 valence electrons. The third-order valence-electron chi connectivity index (χ3n) is 5.07. The fourth-order valence-electron chi connectivity index (χ4n) is 3.58. The third-order valence-corrected chi connectivity index (χ3v) is 5.07. The Labute approximate surface area is 157 Å². The fourth-order valence-corrected chi connectivity index (χ4v) is 3.58. The van der Waals surface area contributed by atoms with E-state index in [1.165, 1.54) is 31.2 Å². The van der Waals surface area contributed by atoms with E-state index in [4.69, 9.17) is 10.5 Å². The molecule has 1 aliphatic heterocycles. The van der Waals surface area contributed by atoms with Crippen LogP contribution in [0.3, 0.4) is 0 Å². The minimum absolute atomic E-state index is 0.211. The Morgan fingerprint density at radius 2 is 1.54 bits per heavy atom. The second kappa shape index (κ2) is 9.60. The summed E-state index contributed by atoms with van der Waals surface area (Å²) in [5.41, 5.74) is 16.2.